The van der Waals surface area contributed by atoms with Crippen molar-refractivity contribution in [1.82, 2.24) is 5.32 Å². The Morgan fingerprint density at radius 1 is 1.42 bits per heavy atom. The molecule has 1 aliphatic carbocycles. The fraction of sp³-hybridized carbons (Fsp3) is 0.391. The Hall–Kier alpha value is -3.40. The minimum absolute atomic E-state index is 0.00585. The van der Waals surface area contributed by atoms with E-state index < -0.39 is 6.09 Å². The van der Waals surface area contributed by atoms with Crippen LogP contribution in [0, 0.1) is 11.3 Å². The second-order valence-electron chi connectivity index (χ2n) is 8.02. The number of aliphatic hydroxyl groups is 1. The number of alkyl carbamates (subject to hydrolysis) is 1. The number of nitrogens with one attached hydrogen (secondary N) is 3. The van der Waals surface area contributed by atoms with Crippen LogP contribution in [0.5, 0.6) is 0 Å². The number of ether oxygens (including phenoxy) is 1. The van der Waals surface area contributed by atoms with Crippen molar-refractivity contribution in [3.8, 4) is 0 Å². The number of nitrogens with zero attached hydrogens (tertiary/aromatic N) is 1. The smallest absolute Gasteiger partial charge is 0.407 e. The van der Waals surface area contributed by atoms with E-state index in [2.05, 4.69) is 15.6 Å². The highest BCUT2D eigenvalue weighted by atomic mass is 32.1. The normalized spacial score (nSPS) is 17.9. The quantitative estimate of drug-likeness (QED) is 0.221. The third kappa shape index (κ3) is 7.31. The van der Waals surface area contributed by atoms with Gasteiger partial charge in [-0.15, -0.1) is 11.3 Å². The van der Waals surface area contributed by atoms with Crippen LogP contribution in [-0.2, 0) is 22.4 Å². The van der Waals surface area contributed by atoms with Crippen LogP contribution in [0.15, 0.2) is 40.8 Å². The molecule has 2 aliphatic rings. The van der Waals surface area contributed by atoms with Crippen LogP contribution in [0.25, 0.3) is 0 Å². The number of nitrogen functional groups attached to an aromatic ring is 1. The zero-order chi connectivity index (χ0) is 23.8. The molecule has 0 spiro atoms. The van der Waals surface area contributed by atoms with Gasteiger partial charge in [-0.3, -0.25) is 9.79 Å². The van der Waals surface area contributed by atoms with E-state index in [1.165, 1.54) is 30.4 Å². The Balaban J connectivity index is 1.49. The number of fused-ring (bicyclic) bond motifs is 1. The summed E-state index contributed by atoms with van der Waals surface area (Å²) in [6.07, 6.45) is 11.6. The molecule has 0 bridgehead atoms. The highest BCUT2D eigenvalue weighted by Crippen LogP contribution is 2.41. The first-order valence-corrected chi connectivity index (χ1v) is 11.6. The topological polar surface area (TPSA) is 150 Å². The van der Waals surface area contributed by atoms with Crippen molar-refractivity contribution in [3.05, 3.63) is 46.2 Å². The van der Waals surface area contributed by atoms with E-state index in [0.29, 0.717) is 10.7 Å². The number of rotatable bonds is 8. The maximum atomic E-state index is 12.3. The van der Waals surface area contributed by atoms with Crippen LogP contribution >= 0.6 is 11.3 Å². The molecular formula is C23H29N5O4S. The van der Waals surface area contributed by atoms with Crippen molar-refractivity contribution in [2.75, 3.05) is 24.2 Å². The summed E-state index contributed by atoms with van der Waals surface area (Å²) in [5.74, 6) is -0.0713. The molecule has 176 valence electrons. The van der Waals surface area contributed by atoms with Gasteiger partial charge >= 0.3 is 6.09 Å². The van der Waals surface area contributed by atoms with Crippen LogP contribution in [0.4, 0.5) is 15.5 Å². The largest absolute Gasteiger partial charge is 0.513 e. The van der Waals surface area contributed by atoms with Gasteiger partial charge in [-0.25, -0.2) is 4.79 Å². The standard InChI is InChI=1S/C23H29N5O4S/c1-14(29)9-17(24)12-27-23(31)32-13-16-4-6-18-19(10-16)33-22(21(18)25)28-20(30)7-5-15-3-2-8-26-11-15/h5,7-9,11,16,24,29H,2-4,6,10,12-13,25H2,1H3,(H,27,31)(H,28,30)/b7-5+,14-9-,24-17?. The molecule has 0 fully saturated rings. The molecule has 6 N–H and O–H groups in total. The molecule has 0 radical (unpaired) electrons. The SMILES string of the molecule is C/C(O)=C/C(=N)CNC(=O)OCC1CCc2c(sc(NC(=O)/C=C/C3=CN=CCC3)c2N)C1. The Morgan fingerprint density at radius 3 is 2.97 bits per heavy atom. The molecule has 33 heavy (non-hydrogen) atoms. The minimum atomic E-state index is -0.598. The van der Waals surface area contributed by atoms with Crippen LogP contribution in [-0.4, -0.2) is 42.2 Å². The number of carbonyl (C=O) groups is 2. The number of amides is 2. The first-order chi connectivity index (χ1) is 15.8. The second-order valence-corrected chi connectivity index (χ2v) is 9.12. The molecule has 0 saturated heterocycles. The van der Waals surface area contributed by atoms with E-state index in [4.69, 9.17) is 21.0 Å². The van der Waals surface area contributed by atoms with Gasteiger partial charge in [0.05, 0.1) is 30.3 Å². The van der Waals surface area contributed by atoms with Gasteiger partial charge in [0, 0.05) is 23.4 Å². The third-order valence-corrected chi connectivity index (χ3v) is 6.44. The van der Waals surface area contributed by atoms with Crippen molar-refractivity contribution in [2.45, 2.75) is 39.0 Å². The molecule has 1 aromatic heterocycles. The summed E-state index contributed by atoms with van der Waals surface area (Å²) in [5, 5.41) is 22.8. The van der Waals surface area contributed by atoms with E-state index in [-0.39, 0.29) is 36.4 Å². The highest BCUT2D eigenvalue weighted by molar-refractivity contribution is 7.17. The summed E-state index contributed by atoms with van der Waals surface area (Å²) in [7, 11) is 0. The molecule has 1 aliphatic heterocycles. The highest BCUT2D eigenvalue weighted by Gasteiger charge is 2.26. The van der Waals surface area contributed by atoms with Crippen molar-refractivity contribution >= 4 is 46.0 Å². The first kappa shape index (κ1) is 24.2. The van der Waals surface area contributed by atoms with Gasteiger partial charge in [0.1, 0.15) is 5.00 Å². The van der Waals surface area contributed by atoms with Crippen molar-refractivity contribution < 1.29 is 19.4 Å². The van der Waals surface area contributed by atoms with Gasteiger partial charge in [0.15, 0.2) is 0 Å². The molecule has 0 saturated carbocycles. The number of hydrogen-bond donors (Lipinski definition) is 5. The number of anilines is 2. The number of thiophene rings is 1. The Morgan fingerprint density at radius 2 is 2.24 bits per heavy atom. The summed E-state index contributed by atoms with van der Waals surface area (Å²) < 4.78 is 5.29. The molecule has 9 nitrogen and oxygen atoms in total. The predicted octanol–water partition coefficient (Wildman–Crippen LogP) is 3.89. The van der Waals surface area contributed by atoms with Crippen LogP contribution in [0.2, 0.25) is 0 Å². The lowest BCUT2D eigenvalue weighted by atomic mass is 9.89. The zero-order valence-electron chi connectivity index (χ0n) is 18.5. The fourth-order valence-corrected chi connectivity index (χ4v) is 4.90. The average molecular weight is 472 g/mol. The zero-order valence-corrected chi connectivity index (χ0v) is 19.3. The lowest BCUT2D eigenvalue weighted by molar-refractivity contribution is -0.111. The number of allylic oxidation sites excluding steroid dienone is 3. The molecule has 1 atom stereocenters. The van der Waals surface area contributed by atoms with Crippen LogP contribution in [0.3, 0.4) is 0 Å². The van der Waals surface area contributed by atoms with Crippen molar-refractivity contribution in [3.63, 3.8) is 0 Å². The maximum absolute atomic E-state index is 12.3. The maximum Gasteiger partial charge on any atom is 0.407 e. The minimum Gasteiger partial charge on any atom is -0.513 e. The summed E-state index contributed by atoms with van der Waals surface area (Å²) in [6.45, 7) is 1.70. The van der Waals surface area contributed by atoms with Crippen molar-refractivity contribution in [2.24, 2.45) is 10.9 Å². The summed E-state index contributed by atoms with van der Waals surface area (Å²) in [6, 6.07) is 0. The molecule has 2 heterocycles. The van der Waals surface area contributed by atoms with Gasteiger partial charge in [0.25, 0.3) is 0 Å². The number of carbonyl (C=O) groups excluding carboxylic acids is 2. The lowest BCUT2D eigenvalue weighted by Gasteiger charge is -2.22. The van der Waals surface area contributed by atoms with E-state index in [9.17, 15) is 9.59 Å². The van der Waals surface area contributed by atoms with Gasteiger partial charge in [-0.1, -0.05) is 6.08 Å². The van der Waals surface area contributed by atoms with E-state index in [1.54, 1.807) is 12.3 Å². The van der Waals surface area contributed by atoms with E-state index >= 15 is 0 Å². The second kappa shape index (κ2) is 11.5. The number of aliphatic imine (C=N–C) groups is 1. The number of hydrogen-bond acceptors (Lipinski definition) is 8. The molecule has 1 aromatic rings. The molecular weight excluding hydrogens is 442 g/mol. The van der Waals surface area contributed by atoms with Gasteiger partial charge in [-0.05, 0) is 62.2 Å². The Bertz CT molecular complexity index is 1030. The molecule has 0 aromatic carbocycles. The van der Waals surface area contributed by atoms with E-state index in [1.807, 2.05) is 6.21 Å². The van der Waals surface area contributed by atoms with Gasteiger partial charge in [-0.2, -0.15) is 0 Å². The Kier molecular flexibility index (Phi) is 8.42. The third-order valence-electron chi connectivity index (χ3n) is 5.26. The number of nitrogens with two attached hydrogens (primary N) is 1. The molecule has 3 rings (SSSR count). The fourth-order valence-electron chi connectivity index (χ4n) is 3.61. The lowest BCUT2D eigenvalue weighted by Crippen LogP contribution is -2.31. The molecule has 1 unspecified atom stereocenters. The average Bonchev–Trinajstić information content (AvgIpc) is 3.09. The van der Waals surface area contributed by atoms with Gasteiger partial charge < -0.3 is 31.6 Å². The Labute approximate surface area is 196 Å². The van der Waals surface area contributed by atoms with Gasteiger partial charge in [0.2, 0.25) is 5.91 Å². The van der Waals surface area contributed by atoms with Crippen LogP contribution in [0.1, 0.15) is 36.6 Å². The summed E-state index contributed by atoms with van der Waals surface area (Å²) >= 11 is 1.47. The monoisotopic (exact) mass is 471 g/mol. The molecule has 2 amide bonds. The summed E-state index contributed by atoms with van der Waals surface area (Å²) in [4.78, 5) is 29.4. The molecule has 10 heteroatoms. The number of aliphatic hydroxyl groups excluding tert-OH is 1. The van der Waals surface area contributed by atoms with Crippen molar-refractivity contribution in [1.29, 1.82) is 5.41 Å². The summed E-state index contributed by atoms with van der Waals surface area (Å²) in [5.41, 5.74) is 9.05. The predicted molar refractivity (Wildman–Crippen MR) is 131 cm³/mol. The first-order valence-electron chi connectivity index (χ1n) is 10.8. The van der Waals surface area contributed by atoms with E-state index in [0.717, 1.165) is 48.1 Å². The van der Waals surface area contributed by atoms with Crippen LogP contribution < -0.4 is 16.4 Å².